The molecular formula is C6H5N2OS-. The molecule has 52 valence electrons. The molecule has 0 unspecified atom stereocenters. The van der Waals surface area contributed by atoms with Gasteiger partial charge < -0.3 is 13.9 Å². The first-order chi connectivity index (χ1) is 4.88. The lowest BCUT2D eigenvalue weighted by Crippen LogP contribution is -2.01. The van der Waals surface area contributed by atoms with Crippen LogP contribution in [0.5, 0.6) is 0 Å². The third-order valence-electron chi connectivity index (χ3n) is 1.33. The maximum Gasteiger partial charge on any atom is 0.00527 e. The molecule has 10 heavy (non-hydrogen) atoms. The molecule has 0 spiro atoms. The summed E-state index contributed by atoms with van der Waals surface area (Å²) in [7, 11) is -1.16. The van der Waals surface area contributed by atoms with Crippen molar-refractivity contribution in [2.45, 2.75) is 0 Å². The molecular weight excluding hydrogens is 148 g/mol. The molecule has 0 bridgehead atoms. The summed E-state index contributed by atoms with van der Waals surface area (Å²) in [6.45, 7) is 0. The molecule has 2 aliphatic heterocycles. The topological polar surface area (TPSA) is 41.5 Å². The number of nitrogens with zero attached hydrogens (tertiary/aromatic N) is 1. The molecule has 0 atom stereocenters. The minimum absolute atomic E-state index is 0.766. The minimum Gasteiger partial charge on any atom is -0.440 e. The van der Waals surface area contributed by atoms with E-state index in [4.69, 9.17) is 0 Å². The Labute approximate surface area is 60.3 Å². The number of hydrogen-bond donors (Lipinski definition) is 1. The van der Waals surface area contributed by atoms with Gasteiger partial charge in [0.25, 0.3) is 0 Å². The molecule has 0 aliphatic carbocycles. The van der Waals surface area contributed by atoms with Crippen LogP contribution in [-0.4, -0.2) is 0 Å². The maximum atomic E-state index is 11.0. The van der Waals surface area contributed by atoms with E-state index >= 15 is 0 Å². The minimum atomic E-state index is -1.16. The molecule has 0 aromatic rings. The van der Waals surface area contributed by atoms with Crippen LogP contribution in [0.2, 0.25) is 0 Å². The van der Waals surface area contributed by atoms with Crippen molar-refractivity contribution < 1.29 is 4.21 Å². The Morgan fingerprint density at radius 3 is 3.30 bits per heavy atom. The molecule has 0 aromatic carbocycles. The monoisotopic (exact) mass is 153 g/mol. The van der Waals surface area contributed by atoms with Crippen molar-refractivity contribution in [2.24, 2.45) is 4.36 Å². The molecule has 0 fully saturated rings. The Balaban J connectivity index is 2.54. The molecule has 0 saturated heterocycles. The van der Waals surface area contributed by atoms with E-state index in [1.54, 1.807) is 18.6 Å². The van der Waals surface area contributed by atoms with Crippen LogP contribution in [0.4, 0.5) is 0 Å². The van der Waals surface area contributed by atoms with Gasteiger partial charge in [0.05, 0.1) is 0 Å². The quantitative estimate of drug-likeness (QED) is 0.527. The van der Waals surface area contributed by atoms with E-state index in [1.165, 1.54) is 0 Å². The SMILES string of the molecule is O=[S-]1=NC=C2C=CNC=C21. The van der Waals surface area contributed by atoms with Crippen molar-refractivity contribution in [3.8, 4) is 0 Å². The molecule has 0 aromatic heterocycles. The van der Waals surface area contributed by atoms with E-state index in [9.17, 15) is 4.21 Å². The first-order valence-electron chi connectivity index (χ1n) is 2.84. The average molecular weight is 153 g/mol. The van der Waals surface area contributed by atoms with Crippen molar-refractivity contribution in [3.05, 3.63) is 35.2 Å². The Bertz CT molecular complexity index is 332. The Hall–Kier alpha value is -1.03. The second-order valence-corrected chi connectivity index (χ2v) is 3.10. The number of hydrogen-bond acceptors (Lipinski definition) is 4. The number of rotatable bonds is 0. The van der Waals surface area contributed by atoms with Crippen LogP contribution in [-0.2, 0) is 14.8 Å². The summed E-state index contributed by atoms with van der Waals surface area (Å²) in [5.74, 6) is 0. The fraction of sp³-hybridized carbons (Fsp3) is 0. The molecule has 2 aliphatic rings. The molecule has 0 amide bonds. The highest BCUT2D eigenvalue weighted by Crippen LogP contribution is 2.20. The highest BCUT2D eigenvalue weighted by Gasteiger charge is 2.01. The molecule has 4 heteroatoms. The van der Waals surface area contributed by atoms with Crippen LogP contribution in [0.25, 0.3) is 0 Å². The van der Waals surface area contributed by atoms with Gasteiger partial charge in [0.2, 0.25) is 0 Å². The summed E-state index contributed by atoms with van der Waals surface area (Å²) < 4.78 is 14.7. The second-order valence-electron chi connectivity index (χ2n) is 1.95. The molecule has 1 N–H and O–H groups in total. The standard InChI is InChI=1S/C6H5N2OS/c9-10-6-4-7-2-1-5(6)3-8-10/h1-4,7H/q-1. The second kappa shape index (κ2) is 1.98. The first kappa shape index (κ1) is 5.73. The van der Waals surface area contributed by atoms with Crippen LogP contribution in [0, 0.1) is 0 Å². The molecule has 0 saturated carbocycles. The van der Waals surface area contributed by atoms with E-state index in [0.717, 1.165) is 10.5 Å². The van der Waals surface area contributed by atoms with Gasteiger partial charge >= 0.3 is 0 Å². The summed E-state index contributed by atoms with van der Waals surface area (Å²) in [6, 6.07) is 0. The molecule has 2 rings (SSSR count). The van der Waals surface area contributed by atoms with Crippen molar-refractivity contribution in [1.82, 2.24) is 5.32 Å². The summed E-state index contributed by atoms with van der Waals surface area (Å²) in [4.78, 5) is 0.766. The zero-order chi connectivity index (χ0) is 6.97. The Morgan fingerprint density at radius 2 is 2.50 bits per heavy atom. The van der Waals surface area contributed by atoms with Crippen molar-refractivity contribution in [1.29, 1.82) is 0 Å². The lowest BCUT2D eigenvalue weighted by atomic mass is 10.2. The summed E-state index contributed by atoms with van der Waals surface area (Å²) >= 11 is 0. The fourth-order valence-corrected chi connectivity index (χ4v) is 1.66. The summed E-state index contributed by atoms with van der Waals surface area (Å²) in [5.41, 5.74) is 0.942. The van der Waals surface area contributed by atoms with Crippen LogP contribution in [0.15, 0.2) is 39.5 Å². The van der Waals surface area contributed by atoms with Gasteiger partial charge in [-0.3, -0.25) is 0 Å². The highest BCUT2D eigenvalue weighted by atomic mass is 32.2. The smallest absolute Gasteiger partial charge is 0.00527 e. The predicted molar refractivity (Wildman–Crippen MR) is 38.9 cm³/mol. The van der Waals surface area contributed by atoms with Gasteiger partial charge in [-0.05, 0) is 17.8 Å². The Morgan fingerprint density at radius 1 is 1.60 bits per heavy atom. The van der Waals surface area contributed by atoms with Gasteiger partial charge in [-0.25, -0.2) is 0 Å². The van der Waals surface area contributed by atoms with Crippen molar-refractivity contribution >= 4 is 10.6 Å². The average Bonchev–Trinajstić information content (AvgIpc) is 2.34. The summed E-state index contributed by atoms with van der Waals surface area (Å²) in [6.07, 6.45) is 6.97. The number of nitrogens with one attached hydrogen (secondary N) is 1. The molecule has 0 radical (unpaired) electrons. The van der Waals surface area contributed by atoms with Gasteiger partial charge in [0.15, 0.2) is 0 Å². The zero-order valence-electron chi connectivity index (χ0n) is 5.07. The lowest BCUT2D eigenvalue weighted by Gasteiger charge is -2.09. The predicted octanol–water partition coefficient (Wildman–Crippen LogP) is 0.990. The number of allylic oxidation sites excluding steroid dienone is 2. The third-order valence-corrected chi connectivity index (χ3v) is 2.36. The van der Waals surface area contributed by atoms with Crippen LogP contribution < -0.4 is 5.32 Å². The van der Waals surface area contributed by atoms with Gasteiger partial charge in [0.1, 0.15) is 0 Å². The van der Waals surface area contributed by atoms with Crippen LogP contribution >= 0.6 is 0 Å². The number of fused-ring (bicyclic) bond motifs is 1. The van der Waals surface area contributed by atoms with Crippen LogP contribution in [0.1, 0.15) is 0 Å². The molecule has 3 nitrogen and oxygen atoms in total. The van der Waals surface area contributed by atoms with Gasteiger partial charge in [0, 0.05) is 12.4 Å². The van der Waals surface area contributed by atoms with E-state index in [-0.39, 0.29) is 0 Å². The van der Waals surface area contributed by atoms with Crippen molar-refractivity contribution in [2.75, 3.05) is 0 Å². The van der Waals surface area contributed by atoms with E-state index in [2.05, 4.69) is 9.68 Å². The van der Waals surface area contributed by atoms with Gasteiger partial charge in [-0.1, -0.05) is 4.91 Å². The van der Waals surface area contributed by atoms with E-state index in [0.29, 0.717) is 0 Å². The normalized spacial score (nSPS) is 22.4. The highest BCUT2D eigenvalue weighted by molar-refractivity contribution is 7.79. The lowest BCUT2D eigenvalue weighted by molar-refractivity contribution is 0.603. The van der Waals surface area contributed by atoms with Gasteiger partial charge in [-0.15, -0.1) is 0 Å². The van der Waals surface area contributed by atoms with Crippen molar-refractivity contribution in [3.63, 3.8) is 0 Å². The third kappa shape index (κ3) is 0.690. The fourth-order valence-electron chi connectivity index (χ4n) is 0.846. The van der Waals surface area contributed by atoms with E-state index in [1.807, 2.05) is 6.08 Å². The first-order valence-corrected chi connectivity index (χ1v) is 3.95. The zero-order valence-corrected chi connectivity index (χ0v) is 5.89. The Kier molecular flexibility index (Phi) is 1.14. The number of dihydropyridines is 1. The van der Waals surface area contributed by atoms with Gasteiger partial charge in [-0.2, -0.15) is 10.6 Å². The largest absolute Gasteiger partial charge is 0.440 e. The van der Waals surface area contributed by atoms with Crippen LogP contribution in [0.3, 0.4) is 0 Å². The summed E-state index contributed by atoms with van der Waals surface area (Å²) in [5, 5.41) is 2.85. The molecule has 2 heterocycles. The van der Waals surface area contributed by atoms with E-state index < -0.39 is 10.6 Å². The maximum absolute atomic E-state index is 11.0.